The van der Waals surface area contributed by atoms with Gasteiger partial charge in [0.25, 0.3) is 0 Å². The number of rotatable bonds is 3. The summed E-state index contributed by atoms with van der Waals surface area (Å²) in [5.74, 6) is 0. The minimum atomic E-state index is 0.141. The summed E-state index contributed by atoms with van der Waals surface area (Å²) in [6.07, 6.45) is 0.236. The van der Waals surface area contributed by atoms with E-state index >= 15 is 0 Å². The molecule has 1 heterocycles. The van der Waals surface area contributed by atoms with Crippen molar-refractivity contribution in [2.75, 3.05) is 19.7 Å². The highest BCUT2D eigenvalue weighted by Gasteiger charge is 2.30. The first-order chi connectivity index (χ1) is 9.02. The molecule has 3 unspecified atom stereocenters. The van der Waals surface area contributed by atoms with E-state index in [0.717, 1.165) is 28.2 Å². The molecule has 0 amide bonds. The van der Waals surface area contributed by atoms with Crippen molar-refractivity contribution in [1.82, 2.24) is 4.90 Å². The fraction of sp³-hybridized carbons (Fsp3) is 0.571. The van der Waals surface area contributed by atoms with Crippen LogP contribution in [0.25, 0.3) is 0 Å². The van der Waals surface area contributed by atoms with Crippen LogP contribution in [0.3, 0.4) is 0 Å². The van der Waals surface area contributed by atoms with Crippen LogP contribution in [-0.2, 0) is 4.74 Å². The molecule has 3 nitrogen and oxygen atoms in total. The number of nitrogens with zero attached hydrogens (tertiary/aromatic N) is 1. The number of nitrogens with two attached hydrogens (primary N) is 1. The number of morpholine rings is 1. The molecule has 2 rings (SSSR count). The molecule has 0 spiro atoms. The second kappa shape index (κ2) is 6.55. The smallest absolute Gasteiger partial charge is 0.0675 e. The third kappa shape index (κ3) is 3.50. The van der Waals surface area contributed by atoms with E-state index in [9.17, 15) is 0 Å². The van der Waals surface area contributed by atoms with Gasteiger partial charge in [-0.2, -0.15) is 0 Å². The lowest BCUT2D eigenvalue weighted by molar-refractivity contribution is -0.0653. The maximum absolute atomic E-state index is 6.36. The molecule has 0 radical (unpaired) electrons. The predicted molar refractivity (Wildman–Crippen MR) is 82.5 cm³/mol. The fourth-order valence-corrected chi connectivity index (χ4v) is 3.38. The zero-order chi connectivity index (χ0) is 14.0. The first-order valence-corrected chi connectivity index (χ1v) is 7.72. The Morgan fingerprint density at radius 2 is 2.26 bits per heavy atom. The Hall–Kier alpha value is -0.130. The number of hydrogen-bond donors (Lipinski definition) is 1. The Kier molecular flexibility index (Phi) is 5.26. The van der Waals surface area contributed by atoms with Gasteiger partial charge in [0.2, 0.25) is 0 Å². The van der Waals surface area contributed by atoms with Crippen LogP contribution >= 0.6 is 27.5 Å². The zero-order valence-electron chi connectivity index (χ0n) is 11.3. The average Bonchev–Trinajstić information content (AvgIpc) is 2.36. The van der Waals surface area contributed by atoms with Crippen molar-refractivity contribution in [2.24, 2.45) is 5.73 Å². The van der Waals surface area contributed by atoms with E-state index in [1.807, 2.05) is 12.1 Å². The van der Waals surface area contributed by atoms with E-state index in [1.165, 1.54) is 0 Å². The van der Waals surface area contributed by atoms with Crippen molar-refractivity contribution in [3.8, 4) is 0 Å². The molecule has 5 heteroatoms. The summed E-state index contributed by atoms with van der Waals surface area (Å²) in [5, 5.41) is 0.760. The van der Waals surface area contributed by atoms with E-state index in [1.54, 1.807) is 0 Å². The summed E-state index contributed by atoms with van der Waals surface area (Å²) in [7, 11) is 0. The van der Waals surface area contributed by atoms with Gasteiger partial charge in [0.05, 0.1) is 12.7 Å². The first-order valence-electron chi connectivity index (χ1n) is 6.55. The fourth-order valence-electron chi connectivity index (χ4n) is 2.58. The lowest BCUT2D eigenvalue weighted by Gasteiger charge is -2.42. The monoisotopic (exact) mass is 346 g/mol. The molecule has 106 valence electrons. The normalized spacial score (nSPS) is 26.4. The van der Waals surface area contributed by atoms with Gasteiger partial charge < -0.3 is 10.5 Å². The topological polar surface area (TPSA) is 38.5 Å². The molecule has 1 saturated heterocycles. The Labute approximate surface area is 128 Å². The molecule has 0 aliphatic carbocycles. The van der Waals surface area contributed by atoms with Crippen molar-refractivity contribution in [3.63, 3.8) is 0 Å². The molecule has 0 aromatic heterocycles. The Bertz CT molecular complexity index is 443. The maximum atomic E-state index is 6.36. The van der Waals surface area contributed by atoms with E-state index in [4.69, 9.17) is 22.1 Å². The molecule has 19 heavy (non-hydrogen) atoms. The van der Waals surface area contributed by atoms with Crippen LogP contribution in [0.15, 0.2) is 22.7 Å². The summed E-state index contributed by atoms with van der Waals surface area (Å²) >= 11 is 9.80. The molecular formula is C14H20BrClN2O. The van der Waals surface area contributed by atoms with Crippen LogP contribution in [0, 0.1) is 0 Å². The van der Waals surface area contributed by atoms with Gasteiger partial charge in [0, 0.05) is 34.7 Å². The lowest BCUT2D eigenvalue weighted by atomic mass is 10.0. The third-order valence-electron chi connectivity index (χ3n) is 3.60. The number of benzene rings is 1. The molecule has 1 aromatic rings. The average molecular weight is 348 g/mol. The zero-order valence-corrected chi connectivity index (χ0v) is 13.6. The van der Waals surface area contributed by atoms with Gasteiger partial charge in [-0.15, -0.1) is 0 Å². The van der Waals surface area contributed by atoms with Gasteiger partial charge in [0.15, 0.2) is 0 Å². The highest BCUT2D eigenvalue weighted by Crippen LogP contribution is 2.32. The number of hydrogen-bond acceptors (Lipinski definition) is 3. The van der Waals surface area contributed by atoms with Crippen LogP contribution in [0.2, 0.25) is 5.02 Å². The van der Waals surface area contributed by atoms with Crippen molar-refractivity contribution >= 4 is 27.5 Å². The quantitative estimate of drug-likeness (QED) is 0.912. The largest absolute Gasteiger partial charge is 0.376 e. The van der Waals surface area contributed by atoms with Gasteiger partial charge >= 0.3 is 0 Å². The van der Waals surface area contributed by atoms with E-state index in [2.05, 4.69) is 40.7 Å². The van der Waals surface area contributed by atoms with E-state index in [-0.39, 0.29) is 12.1 Å². The Morgan fingerprint density at radius 3 is 2.89 bits per heavy atom. The molecule has 3 atom stereocenters. The van der Waals surface area contributed by atoms with Crippen LogP contribution in [0.4, 0.5) is 0 Å². The second-order valence-corrected chi connectivity index (χ2v) is 6.43. The van der Waals surface area contributed by atoms with Crippen LogP contribution in [0.5, 0.6) is 0 Å². The van der Waals surface area contributed by atoms with Crippen LogP contribution < -0.4 is 5.73 Å². The lowest BCUT2D eigenvalue weighted by Crippen LogP contribution is -2.50. The standard InChI is InChI=1S/C14H20BrClN2O/c1-9-8-19-10(2)7-18(9)14(6-17)12-4-3-11(15)5-13(12)16/h3-5,9-10,14H,6-8,17H2,1-2H3. The third-order valence-corrected chi connectivity index (χ3v) is 4.42. The highest BCUT2D eigenvalue weighted by atomic mass is 79.9. The molecule has 1 fully saturated rings. The minimum absolute atomic E-state index is 0.141. The molecule has 1 aliphatic heterocycles. The Morgan fingerprint density at radius 1 is 1.53 bits per heavy atom. The van der Waals surface area contributed by atoms with Gasteiger partial charge in [-0.25, -0.2) is 0 Å². The van der Waals surface area contributed by atoms with Crippen LogP contribution in [-0.4, -0.2) is 36.7 Å². The van der Waals surface area contributed by atoms with Crippen molar-refractivity contribution < 1.29 is 4.74 Å². The summed E-state index contributed by atoms with van der Waals surface area (Å²) in [5.41, 5.74) is 7.09. The predicted octanol–water partition coefficient (Wildman–Crippen LogP) is 3.21. The Balaban J connectivity index is 2.27. The summed E-state index contributed by atoms with van der Waals surface area (Å²) < 4.78 is 6.66. The van der Waals surface area contributed by atoms with E-state index < -0.39 is 0 Å². The van der Waals surface area contributed by atoms with Crippen molar-refractivity contribution in [2.45, 2.75) is 32.0 Å². The minimum Gasteiger partial charge on any atom is -0.376 e. The van der Waals surface area contributed by atoms with Gasteiger partial charge in [-0.1, -0.05) is 33.6 Å². The number of halogens is 2. The highest BCUT2D eigenvalue weighted by molar-refractivity contribution is 9.10. The summed E-state index contributed by atoms with van der Waals surface area (Å²) in [6, 6.07) is 6.48. The molecule has 2 N–H and O–H groups in total. The van der Waals surface area contributed by atoms with Gasteiger partial charge in [-0.05, 0) is 31.5 Å². The van der Waals surface area contributed by atoms with Crippen molar-refractivity contribution in [3.05, 3.63) is 33.3 Å². The molecule has 0 saturated carbocycles. The SMILES string of the molecule is CC1CN(C(CN)c2ccc(Br)cc2Cl)C(C)CO1. The van der Waals surface area contributed by atoms with Gasteiger partial charge in [0.1, 0.15) is 0 Å². The summed E-state index contributed by atoms with van der Waals surface area (Å²) in [4.78, 5) is 2.39. The second-order valence-electron chi connectivity index (χ2n) is 5.11. The first kappa shape index (κ1) is 15.3. The van der Waals surface area contributed by atoms with Crippen LogP contribution in [0.1, 0.15) is 25.5 Å². The van der Waals surface area contributed by atoms with Gasteiger partial charge in [-0.3, -0.25) is 4.90 Å². The van der Waals surface area contributed by atoms with E-state index in [0.29, 0.717) is 12.6 Å². The molecular weight excluding hydrogens is 328 g/mol. The van der Waals surface area contributed by atoms with Crippen molar-refractivity contribution in [1.29, 1.82) is 0 Å². The summed E-state index contributed by atoms with van der Waals surface area (Å²) in [6.45, 7) is 6.44. The maximum Gasteiger partial charge on any atom is 0.0675 e. The molecule has 1 aromatic carbocycles. The molecule has 0 bridgehead atoms. The number of ether oxygens (including phenoxy) is 1. The molecule has 1 aliphatic rings.